The Morgan fingerprint density at radius 1 is 1.22 bits per heavy atom. The molecule has 1 aromatic carbocycles. The van der Waals surface area contributed by atoms with Gasteiger partial charge in [0.1, 0.15) is 21.7 Å². The summed E-state index contributed by atoms with van der Waals surface area (Å²) in [6, 6.07) is 1.23. The first kappa shape index (κ1) is 21.8. The molecule has 27 heavy (non-hydrogen) atoms. The quantitative estimate of drug-likeness (QED) is 0.539. The summed E-state index contributed by atoms with van der Waals surface area (Å²) in [4.78, 5) is -1.46. The molecule has 0 amide bonds. The lowest BCUT2D eigenvalue weighted by molar-refractivity contribution is -0.0978. The Labute approximate surface area is 151 Å². The van der Waals surface area contributed by atoms with Crippen molar-refractivity contribution in [3.05, 3.63) is 23.3 Å². The second-order valence-corrected chi connectivity index (χ2v) is 10.2. The fourth-order valence-electron chi connectivity index (χ4n) is 2.65. The Morgan fingerprint density at radius 2 is 1.81 bits per heavy atom. The molecule has 13 heteroatoms. The standard InChI is InChI=1S/C14H15F5O6S2/c1-26(21,22)6-2-5-25-9-3-4-10(27(23,24)14(17,18)19)11-8(9)7-13(15,16)12(11)20/h3-4,12,20H,2,5-7H2,1H3. The van der Waals surface area contributed by atoms with Crippen molar-refractivity contribution in [1.29, 1.82) is 0 Å². The molecule has 0 heterocycles. The molecule has 0 spiro atoms. The number of halogens is 5. The van der Waals surface area contributed by atoms with Crippen LogP contribution in [-0.4, -0.2) is 52.0 Å². The minimum Gasteiger partial charge on any atom is -0.493 e. The molecule has 154 valence electrons. The van der Waals surface area contributed by atoms with E-state index in [0.717, 1.165) is 12.3 Å². The van der Waals surface area contributed by atoms with Crippen LogP contribution in [0.25, 0.3) is 0 Å². The van der Waals surface area contributed by atoms with E-state index in [4.69, 9.17) is 4.74 Å². The van der Waals surface area contributed by atoms with E-state index < -0.39 is 59.7 Å². The number of rotatable bonds is 6. The molecule has 1 atom stereocenters. The lowest BCUT2D eigenvalue weighted by Crippen LogP contribution is -2.26. The van der Waals surface area contributed by atoms with Crippen molar-refractivity contribution in [1.82, 2.24) is 0 Å². The molecule has 0 aliphatic heterocycles. The fourth-order valence-corrected chi connectivity index (χ4v) is 4.31. The van der Waals surface area contributed by atoms with E-state index in [0.29, 0.717) is 6.07 Å². The molecular weight excluding hydrogens is 423 g/mol. The summed E-state index contributed by atoms with van der Waals surface area (Å²) in [6.45, 7) is -0.257. The van der Waals surface area contributed by atoms with Crippen molar-refractivity contribution in [2.24, 2.45) is 0 Å². The Bertz CT molecular complexity index is 937. The van der Waals surface area contributed by atoms with Crippen molar-refractivity contribution in [2.75, 3.05) is 18.6 Å². The van der Waals surface area contributed by atoms with Gasteiger partial charge in [-0.05, 0) is 18.6 Å². The van der Waals surface area contributed by atoms with Gasteiger partial charge >= 0.3 is 5.51 Å². The molecule has 1 aromatic rings. The van der Waals surface area contributed by atoms with Gasteiger partial charge in [0.25, 0.3) is 15.8 Å². The normalized spacial score (nSPS) is 19.7. The second-order valence-electron chi connectivity index (χ2n) is 6.08. The topological polar surface area (TPSA) is 97.7 Å². The van der Waals surface area contributed by atoms with Crippen LogP contribution in [0.15, 0.2) is 17.0 Å². The highest BCUT2D eigenvalue weighted by molar-refractivity contribution is 7.92. The van der Waals surface area contributed by atoms with Crippen LogP contribution in [0.1, 0.15) is 23.7 Å². The highest BCUT2D eigenvalue weighted by atomic mass is 32.2. The number of alkyl halides is 5. The van der Waals surface area contributed by atoms with E-state index in [1.54, 1.807) is 0 Å². The molecule has 0 saturated heterocycles. The van der Waals surface area contributed by atoms with Crippen LogP contribution in [0.4, 0.5) is 22.0 Å². The monoisotopic (exact) mass is 438 g/mol. The van der Waals surface area contributed by atoms with Gasteiger partial charge < -0.3 is 9.84 Å². The van der Waals surface area contributed by atoms with Crippen LogP contribution in [0.5, 0.6) is 5.75 Å². The largest absolute Gasteiger partial charge is 0.501 e. The SMILES string of the molecule is CS(=O)(=O)CCCOc1ccc(S(=O)(=O)C(F)(F)F)c2c1CC(F)(F)C2O. The Morgan fingerprint density at radius 3 is 2.33 bits per heavy atom. The van der Waals surface area contributed by atoms with Crippen LogP contribution >= 0.6 is 0 Å². The summed E-state index contributed by atoms with van der Waals surface area (Å²) in [5.41, 5.74) is -7.36. The van der Waals surface area contributed by atoms with Crippen molar-refractivity contribution in [3.8, 4) is 5.75 Å². The highest BCUT2D eigenvalue weighted by Gasteiger charge is 2.55. The van der Waals surface area contributed by atoms with Gasteiger partial charge in [0.15, 0.2) is 0 Å². The third-order valence-corrected chi connectivity index (χ3v) is 6.45. The van der Waals surface area contributed by atoms with Crippen LogP contribution < -0.4 is 4.74 Å². The van der Waals surface area contributed by atoms with Gasteiger partial charge in [-0.2, -0.15) is 13.2 Å². The van der Waals surface area contributed by atoms with E-state index in [-0.39, 0.29) is 24.5 Å². The number of aliphatic hydroxyl groups is 1. The molecule has 0 bridgehead atoms. The van der Waals surface area contributed by atoms with Crippen molar-refractivity contribution >= 4 is 19.7 Å². The smallest absolute Gasteiger partial charge is 0.493 e. The molecule has 1 unspecified atom stereocenters. The highest BCUT2D eigenvalue weighted by Crippen LogP contribution is 2.50. The van der Waals surface area contributed by atoms with Crippen LogP contribution in [0.2, 0.25) is 0 Å². The van der Waals surface area contributed by atoms with Gasteiger partial charge in [0.2, 0.25) is 0 Å². The van der Waals surface area contributed by atoms with E-state index in [1.165, 1.54) is 0 Å². The Kier molecular flexibility index (Phi) is 5.54. The van der Waals surface area contributed by atoms with Gasteiger partial charge in [0.05, 0.1) is 17.3 Å². The van der Waals surface area contributed by atoms with E-state index in [9.17, 15) is 43.9 Å². The first-order chi connectivity index (χ1) is 12.1. The molecule has 1 N–H and O–H groups in total. The van der Waals surface area contributed by atoms with Crippen molar-refractivity contribution in [2.45, 2.75) is 35.3 Å². The van der Waals surface area contributed by atoms with Crippen molar-refractivity contribution < 1.29 is 48.6 Å². The molecule has 0 saturated carbocycles. The van der Waals surface area contributed by atoms with Gasteiger partial charge in [-0.3, -0.25) is 0 Å². The van der Waals surface area contributed by atoms with E-state index in [1.807, 2.05) is 0 Å². The summed E-state index contributed by atoms with van der Waals surface area (Å²) in [5.74, 6) is -4.49. The summed E-state index contributed by atoms with van der Waals surface area (Å²) in [5, 5.41) is 9.71. The maximum absolute atomic E-state index is 13.9. The van der Waals surface area contributed by atoms with Gasteiger partial charge in [0, 0.05) is 23.8 Å². The zero-order valence-corrected chi connectivity index (χ0v) is 15.4. The van der Waals surface area contributed by atoms with Crippen LogP contribution in [0.3, 0.4) is 0 Å². The number of benzene rings is 1. The zero-order chi connectivity index (χ0) is 20.8. The Balaban J connectivity index is 2.45. The number of hydrogen-bond donors (Lipinski definition) is 1. The maximum Gasteiger partial charge on any atom is 0.501 e. The van der Waals surface area contributed by atoms with Gasteiger partial charge in [-0.25, -0.2) is 25.6 Å². The van der Waals surface area contributed by atoms with Gasteiger partial charge in [-0.15, -0.1) is 0 Å². The molecule has 0 fully saturated rings. The summed E-state index contributed by atoms with van der Waals surface area (Å²) in [6.07, 6.45) is -3.01. The second kappa shape index (κ2) is 6.85. The maximum atomic E-state index is 13.9. The third-order valence-electron chi connectivity index (χ3n) is 3.87. The molecule has 1 aliphatic carbocycles. The molecule has 0 radical (unpaired) electrons. The predicted molar refractivity (Wildman–Crippen MR) is 83.1 cm³/mol. The van der Waals surface area contributed by atoms with Crippen LogP contribution in [-0.2, 0) is 26.1 Å². The minimum absolute atomic E-state index is 0.0187. The fraction of sp³-hybridized carbons (Fsp3) is 0.571. The number of hydrogen-bond acceptors (Lipinski definition) is 6. The van der Waals surface area contributed by atoms with Gasteiger partial charge in [-0.1, -0.05) is 0 Å². The summed E-state index contributed by atoms with van der Waals surface area (Å²) in [7, 11) is -9.28. The Hall–Kier alpha value is -1.47. The lowest BCUT2D eigenvalue weighted by Gasteiger charge is -2.17. The number of fused-ring (bicyclic) bond motifs is 1. The van der Waals surface area contributed by atoms with Crippen LogP contribution in [0, 0.1) is 0 Å². The molecule has 0 aromatic heterocycles. The van der Waals surface area contributed by atoms with E-state index in [2.05, 4.69) is 0 Å². The molecular formula is C14H15F5O6S2. The predicted octanol–water partition coefficient (Wildman–Crippen LogP) is 2.02. The number of ether oxygens (including phenoxy) is 1. The molecule has 6 nitrogen and oxygen atoms in total. The number of sulfone groups is 2. The average molecular weight is 438 g/mol. The molecule has 2 rings (SSSR count). The third kappa shape index (κ3) is 4.35. The zero-order valence-electron chi connectivity index (χ0n) is 13.8. The summed E-state index contributed by atoms with van der Waals surface area (Å²) >= 11 is 0. The average Bonchev–Trinajstić information content (AvgIpc) is 2.72. The molecule has 1 aliphatic rings. The van der Waals surface area contributed by atoms with E-state index >= 15 is 0 Å². The van der Waals surface area contributed by atoms with Crippen molar-refractivity contribution in [3.63, 3.8) is 0 Å². The minimum atomic E-state index is -5.97. The first-order valence-corrected chi connectivity index (χ1v) is 11.0. The summed E-state index contributed by atoms with van der Waals surface area (Å²) < 4.78 is 117. The number of aliphatic hydroxyl groups excluding tert-OH is 1. The lowest BCUT2D eigenvalue weighted by atomic mass is 10.1. The first-order valence-electron chi connectivity index (χ1n) is 7.41.